The van der Waals surface area contributed by atoms with Crippen LogP contribution in [0.1, 0.15) is 105 Å². The van der Waals surface area contributed by atoms with Crippen molar-refractivity contribution in [2.45, 2.75) is 105 Å². The first-order valence-corrected chi connectivity index (χ1v) is 24.4. The van der Waals surface area contributed by atoms with E-state index in [0.717, 1.165) is 34.1 Å². The first-order chi connectivity index (χ1) is 32.3. The van der Waals surface area contributed by atoms with Gasteiger partial charge >= 0.3 is 0 Å². The van der Waals surface area contributed by atoms with Crippen molar-refractivity contribution in [2.24, 2.45) is 0 Å². The maximum atomic E-state index is 2.46. The molecule has 2 nitrogen and oxygen atoms in total. The third kappa shape index (κ3) is 9.22. The number of hydrogen-bond donors (Lipinski definition) is 0. The SMILES string of the molecule is CC(C)(C)c1cccc(N(c2cccc(C(C)(C)C)c2)c2ccc3c(-c4ccccc4)c4cc(N(c5cccc(C(C)(C)C)c5)c5cccc(C(C)(C)C)c5)ccc4c(-c4ccccc4)c3c2)c1. The minimum Gasteiger partial charge on any atom is -0.310 e. The van der Waals surface area contributed by atoms with Crippen molar-refractivity contribution >= 4 is 55.7 Å². The smallest absolute Gasteiger partial charge is 0.0468 e. The molecule has 2 heteroatoms. The Hall–Kier alpha value is -6.90. The summed E-state index contributed by atoms with van der Waals surface area (Å²) in [6.45, 7) is 27.6. The summed E-state index contributed by atoms with van der Waals surface area (Å²) >= 11 is 0. The van der Waals surface area contributed by atoms with E-state index in [-0.39, 0.29) is 21.7 Å². The topological polar surface area (TPSA) is 6.48 Å². The lowest BCUT2D eigenvalue weighted by molar-refractivity contribution is 0.589. The Kier molecular flexibility index (Phi) is 12.0. The number of benzene rings is 9. The standard InChI is InChI=1S/C66H68N2/c1-63(2,3)47-27-19-31-51(39-47)67(52-32-20-28-48(40-52)64(4,5)6)55-35-37-57-59(43-55)61(45-23-15-13-16-24-45)58-38-36-56(44-60(58)62(57)46-25-17-14-18-26-46)68(53-33-21-29-49(41-53)65(7,8)9)54-34-22-30-50(42-54)66(10,11)12/h13-44H,1-12H3. The zero-order chi connectivity index (χ0) is 48.2. The van der Waals surface area contributed by atoms with Gasteiger partial charge in [0.15, 0.2) is 0 Å². The van der Waals surface area contributed by atoms with Crippen molar-refractivity contribution in [1.29, 1.82) is 0 Å². The highest BCUT2D eigenvalue weighted by Gasteiger charge is 2.26. The molecular weight excluding hydrogens is 821 g/mol. The van der Waals surface area contributed by atoms with Gasteiger partial charge in [0.1, 0.15) is 0 Å². The first kappa shape index (κ1) is 46.2. The van der Waals surface area contributed by atoms with Crippen molar-refractivity contribution in [3.8, 4) is 22.3 Å². The lowest BCUT2D eigenvalue weighted by atomic mass is 9.84. The van der Waals surface area contributed by atoms with Gasteiger partial charge in [-0.15, -0.1) is 0 Å². The number of anilines is 6. The fourth-order valence-corrected chi connectivity index (χ4v) is 9.65. The maximum Gasteiger partial charge on any atom is 0.0468 e. The molecule has 0 N–H and O–H groups in total. The van der Waals surface area contributed by atoms with Crippen LogP contribution in [0.2, 0.25) is 0 Å². The molecule has 0 saturated carbocycles. The molecule has 0 unspecified atom stereocenters. The molecule has 0 heterocycles. The van der Waals surface area contributed by atoms with Gasteiger partial charge in [0.25, 0.3) is 0 Å². The summed E-state index contributed by atoms with van der Waals surface area (Å²) < 4.78 is 0. The van der Waals surface area contributed by atoms with Gasteiger partial charge in [-0.2, -0.15) is 0 Å². The Morgan fingerprint density at radius 3 is 0.765 bits per heavy atom. The normalized spacial score (nSPS) is 12.4. The number of fused-ring (bicyclic) bond motifs is 2. The molecule has 0 radical (unpaired) electrons. The molecule has 342 valence electrons. The van der Waals surface area contributed by atoms with Gasteiger partial charge in [-0.3, -0.25) is 0 Å². The Morgan fingerprint density at radius 2 is 0.500 bits per heavy atom. The molecular formula is C66H68N2. The van der Waals surface area contributed by atoms with Crippen LogP contribution in [0.15, 0.2) is 194 Å². The maximum absolute atomic E-state index is 2.46. The lowest BCUT2D eigenvalue weighted by Crippen LogP contribution is -2.16. The molecule has 0 spiro atoms. The Morgan fingerprint density at radius 1 is 0.235 bits per heavy atom. The molecule has 0 aliphatic carbocycles. The van der Waals surface area contributed by atoms with Crippen molar-refractivity contribution < 1.29 is 0 Å². The van der Waals surface area contributed by atoms with E-state index in [2.05, 4.69) is 287 Å². The van der Waals surface area contributed by atoms with Crippen LogP contribution in [0, 0.1) is 0 Å². The summed E-state index contributed by atoms with van der Waals surface area (Å²) in [6.07, 6.45) is 0. The van der Waals surface area contributed by atoms with E-state index in [1.807, 2.05) is 0 Å². The summed E-state index contributed by atoms with van der Waals surface area (Å²) in [5, 5.41) is 4.85. The van der Waals surface area contributed by atoms with Gasteiger partial charge < -0.3 is 9.80 Å². The second kappa shape index (κ2) is 17.6. The van der Waals surface area contributed by atoms with Crippen LogP contribution < -0.4 is 9.80 Å². The van der Waals surface area contributed by atoms with Gasteiger partial charge in [-0.1, -0.05) is 204 Å². The zero-order valence-corrected chi connectivity index (χ0v) is 42.4. The van der Waals surface area contributed by atoms with E-state index in [4.69, 9.17) is 0 Å². The Balaban J connectivity index is 1.37. The Labute approximate surface area is 406 Å². The molecule has 0 aliphatic rings. The summed E-state index contributed by atoms with van der Waals surface area (Å²) in [6, 6.07) is 72.9. The highest BCUT2D eigenvalue weighted by atomic mass is 15.1. The van der Waals surface area contributed by atoms with Crippen LogP contribution in [0.3, 0.4) is 0 Å². The highest BCUT2D eigenvalue weighted by Crippen LogP contribution is 2.49. The van der Waals surface area contributed by atoms with E-state index in [0.29, 0.717) is 0 Å². The molecule has 0 atom stereocenters. The van der Waals surface area contributed by atoms with E-state index >= 15 is 0 Å². The third-order valence-electron chi connectivity index (χ3n) is 13.6. The molecule has 9 aromatic carbocycles. The van der Waals surface area contributed by atoms with Crippen LogP contribution in [-0.2, 0) is 21.7 Å². The quantitative estimate of drug-likeness (QED) is 0.140. The van der Waals surface area contributed by atoms with E-state index in [9.17, 15) is 0 Å². The van der Waals surface area contributed by atoms with Crippen LogP contribution in [-0.4, -0.2) is 0 Å². The van der Waals surface area contributed by atoms with Crippen molar-refractivity contribution in [1.82, 2.24) is 0 Å². The van der Waals surface area contributed by atoms with E-state index in [1.54, 1.807) is 0 Å². The van der Waals surface area contributed by atoms with Crippen molar-refractivity contribution in [2.75, 3.05) is 9.80 Å². The van der Waals surface area contributed by atoms with Crippen LogP contribution >= 0.6 is 0 Å². The molecule has 0 amide bonds. The van der Waals surface area contributed by atoms with Crippen molar-refractivity contribution in [3.05, 3.63) is 216 Å². The average molecular weight is 889 g/mol. The van der Waals surface area contributed by atoms with Crippen LogP contribution in [0.4, 0.5) is 34.1 Å². The highest BCUT2D eigenvalue weighted by molar-refractivity contribution is 6.22. The van der Waals surface area contributed by atoms with Gasteiger partial charge in [0.05, 0.1) is 0 Å². The van der Waals surface area contributed by atoms with E-state index < -0.39 is 0 Å². The zero-order valence-electron chi connectivity index (χ0n) is 42.4. The lowest BCUT2D eigenvalue weighted by Gasteiger charge is -2.31. The van der Waals surface area contributed by atoms with Gasteiger partial charge in [-0.25, -0.2) is 0 Å². The fraction of sp³-hybridized carbons (Fsp3) is 0.242. The predicted molar refractivity (Wildman–Crippen MR) is 296 cm³/mol. The van der Waals surface area contributed by atoms with Gasteiger partial charge in [0, 0.05) is 34.1 Å². The molecule has 9 rings (SSSR count). The summed E-state index contributed by atoms with van der Waals surface area (Å²) in [7, 11) is 0. The van der Waals surface area contributed by atoms with Gasteiger partial charge in [0.2, 0.25) is 0 Å². The largest absolute Gasteiger partial charge is 0.310 e. The molecule has 0 aromatic heterocycles. The van der Waals surface area contributed by atoms with Gasteiger partial charge in [-0.05, 0) is 161 Å². The fourth-order valence-electron chi connectivity index (χ4n) is 9.65. The minimum absolute atomic E-state index is 0.0124. The third-order valence-corrected chi connectivity index (χ3v) is 13.6. The second-order valence-corrected chi connectivity index (χ2v) is 22.8. The number of nitrogens with zero attached hydrogens (tertiary/aromatic N) is 2. The number of hydrogen-bond acceptors (Lipinski definition) is 2. The number of rotatable bonds is 8. The first-order valence-electron chi connectivity index (χ1n) is 24.4. The van der Waals surface area contributed by atoms with Crippen LogP contribution in [0.5, 0.6) is 0 Å². The second-order valence-electron chi connectivity index (χ2n) is 22.8. The van der Waals surface area contributed by atoms with Crippen LogP contribution in [0.25, 0.3) is 43.8 Å². The van der Waals surface area contributed by atoms with Crippen molar-refractivity contribution in [3.63, 3.8) is 0 Å². The molecule has 0 fully saturated rings. The summed E-state index contributed by atoms with van der Waals surface area (Å²) in [5.41, 5.74) is 16.8. The van der Waals surface area contributed by atoms with E-state index in [1.165, 1.54) is 66.1 Å². The monoisotopic (exact) mass is 889 g/mol. The molecule has 0 bridgehead atoms. The molecule has 68 heavy (non-hydrogen) atoms. The molecule has 9 aromatic rings. The minimum atomic E-state index is -0.0124. The predicted octanol–water partition coefficient (Wildman–Crippen LogP) is 19.5. The molecule has 0 saturated heterocycles. The molecule has 0 aliphatic heterocycles. The summed E-state index contributed by atoms with van der Waals surface area (Å²) in [4.78, 5) is 4.92. The Bertz CT molecular complexity index is 2920. The summed E-state index contributed by atoms with van der Waals surface area (Å²) in [5.74, 6) is 0. The average Bonchev–Trinajstić information content (AvgIpc) is 3.31.